The Hall–Kier alpha value is -0.300. The minimum absolute atomic E-state index is 0. The molecular formula is C14H20ArF6O6. The van der Waals surface area contributed by atoms with E-state index in [-0.39, 0.29) is 63.8 Å². The topological polar surface area (TPSA) is 93.1 Å². The molecule has 0 amide bonds. The van der Waals surface area contributed by atoms with Gasteiger partial charge in [0.25, 0.3) is 0 Å². The first-order valence-corrected chi connectivity index (χ1v) is 7.70. The van der Waals surface area contributed by atoms with E-state index in [2.05, 4.69) is 9.47 Å². The summed E-state index contributed by atoms with van der Waals surface area (Å²) in [6.07, 6.45) is -13.7. The fourth-order valence-corrected chi connectivity index (χ4v) is 1.68. The molecule has 0 aliphatic carbocycles. The number of carbonyl (C=O) groups is 2. The summed E-state index contributed by atoms with van der Waals surface area (Å²) in [7, 11) is 0. The van der Waals surface area contributed by atoms with Crippen LogP contribution in [-0.2, 0) is 19.1 Å². The van der Waals surface area contributed by atoms with Crippen molar-refractivity contribution in [2.75, 3.05) is 13.2 Å². The summed E-state index contributed by atoms with van der Waals surface area (Å²) in [4.78, 5) is 21.7. The molecule has 0 heterocycles. The molecule has 6 nitrogen and oxygen atoms in total. The van der Waals surface area contributed by atoms with Gasteiger partial charge in [0.15, 0.2) is 0 Å². The van der Waals surface area contributed by atoms with Crippen LogP contribution in [-0.4, -0.2) is 59.9 Å². The quantitative estimate of drug-likeness (QED) is 0.292. The standard InChI is InChI=1S/C14H20F6O6.Ar/c15-13(16,17)9(21)11(23)25-7-5-3-1-2-4-6-8-26-12(24)10(22)14(18,19)20;/h9-10,21-22H,1-8H2;. The third-order valence-electron chi connectivity index (χ3n) is 3.09. The minimum Gasteiger partial charge on any atom is -0.464 e. The van der Waals surface area contributed by atoms with Crippen molar-refractivity contribution in [2.45, 2.75) is 63.1 Å². The average Bonchev–Trinajstić information content (AvgIpc) is 2.52. The summed E-state index contributed by atoms with van der Waals surface area (Å²) in [5.41, 5.74) is 0. The van der Waals surface area contributed by atoms with Crippen LogP contribution in [0.1, 0.15) is 38.5 Å². The van der Waals surface area contributed by atoms with Crippen molar-refractivity contribution < 1.29 is 93.4 Å². The minimum atomic E-state index is -5.07. The van der Waals surface area contributed by atoms with E-state index in [0.717, 1.165) is 0 Å². The van der Waals surface area contributed by atoms with Crippen LogP contribution in [0.3, 0.4) is 0 Å². The maximum atomic E-state index is 12.0. The Morgan fingerprint density at radius 1 is 0.667 bits per heavy atom. The number of aliphatic hydroxyl groups excluding tert-OH is 2. The van der Waals surface area contributed by atoms with Crippen molar-refractivity contribution in [1.29, 1.82) is 0 Å². The van der Waals surface area contributed by atoms with E-state index in [1.54, 1.807) is 0 Å². The number of esters is 2. The Labute approximate surface area is 181 Å². The van der Waals surface area contributed by atoms with E-state index in [0.29, 0.717) is 25.7 Å². The molecule has 0 aliphatic heterocycles. The van der Waals surface area contributed by atoms with Gasteiger partial charge in [0.1, 0.15) is 0 Å². The molecular weight excluding hydrogens is 418 g/mol. The average molecular weight is 438 g/mol. The number of rotatable bonds is 11. The molecule has 0 saturated carbocycles. The first-order chi connectivity index (χ1) is 11.9. The van der Waals surface area contributed by atoms with E-state index in [1.165, 1.54) is 0 Å². The van der Waals surface area contributed by atoms with Crippen LogP contribution >= 0.6 is 0 Å². The van der Waals surface area contributed by atoms with Crippen LogP contribution < -0.4 is 0 Å². The molecule has 0 fully saturated rings. The molecule has 0 spiro atoms. The van der Waals surface area contributed by atoms with Crippen LogP contribution in [0.15, 0.2) is 0 Å². The summed E-state index contributed by atoms with van der Waals surface area (Å²) in [6, 6.07) is 0. The van der Waals surface area contributed by atoms with Gasteiger partial charge in [0.05, 0.1) is 13.2 Å². The van der Waals surface area contributed by atoms with E-state index in [1.807, 2.05) is 0 Å². The molecule has 2 atom stereocenters. The van der Waals surface area contributed by atoms with Gasteiger partial charge in [0.2, 0.25) is 12.2 Å². The molecule has 0 rings (SSSR count). The second-order valence-corrected chi connectivity index (χ2v) is 5.34. The number of aliphatic hydroxyl groups is 2. The summed E-state index contributed by atoms with van der Waals surface area (Å²) < 4.78 is 80.4. The van der Waals surface area contributed by atoms with E-state index in [9.17, 15) is 35.9 Å². The Morgan fingerprint density at radius 3 is 1.19 bits per heavy atom. The third-order valence-corrected chi connectivity index (χ3v) is 3.09. The van der Waals surface area contributed by atoms with Crippen molar-refractivity contribution in [3.63, 3.8) is 0 Å². The van der Waals surface area contributed by atoms with E-state index < -0.39 is 36.5 Å². The van der Waals surface area contributed by atoms with E-state index in [4.69, 9.17) is 10.2 Å². The van der Waals surface area contributed by atoms with E-state index >= 15 is 0 Å². The zero-order valence-corrected chi connectivity index (χ0v) is 14.7. The maximum absolute atomic E-state index is 12.0. The number of alkyl halides is 6. The Bertz CT molecular complexity index is 403. The van der Waals surface area contributed by atoms with Gasteiger partial charge in [-0.1, -0.05) is 25.7 Å². The first kappa shape index (κ1) is 28.9. The van der Waals surface area contributed by atoms with Gasteiger partial charge in [-0.05, 0) is 12.8 Å². The van der Waals surface area contributed by atoms with Gasteiger partial charge in [-0.15, -0.1) is 0 Å². The molecule has 2 N–H and O–H groups in total. The second-order valence-electron chi connectivity index (χ2n) is 5.34. The van der Waals surface area contributed by atoms with Crippen molar-refractivity contribution in [3.05, 3.63) is 0 Å². The van der Waals surface area contributed by atoms with Crippen LogP contribution in [0.25, 0.3) is 0 Å². The normalized spacial score (nSPS) is 14.1. The Morgan fingerprint density at radius 2 is 0.926 bits per heavy atom. The molecule has 2 unspecified atom stereocenters. The second kappa shape index (κ2) is 13.8. The van der Waals surface area contributed by atoms with Gasteiger partial charge in [-0.25, -0.2) is 9.59 Å². The number of hydrogen-bond donors (Lipinski definition) is 2. The van der Waals surface area contributed by atoms with Crippen LogP contribution in [0.5, 0.6) is 0 Å². The monoisotopic (exact) mass is 438 g/mol. The van der Waals surface area contributed by atoms with Gasteiger partial charge < -0.3 is 19.7 Å². The first-order valence-electron chi connectivity index (χ1n) is 7.70. The summed E-state index contributed by atoms with van der Waals surface area (Å²) in [5.74, 6) is -3.53. The number of halogens is 6. The summed E-state index contributed by atoms with van der Waals surface area (Å²) in [5, 5.41) is 17.2. The summed E-state index contributed by atoms with van der Waals surface area (Å²) >= 11 is 0. The zero-order chi connectivity index (χ0) is 20.4. The molecule has 0 radical (unpaired) electrons. The molecule has 13 heteroatoms. The van der Waals surface area contributed by atoms with Gasteiger partial charge in [-0.2, -0.15) is 26.3 Å². The number of carbonyl (C=O) groups excluding carboxylic acids is 2. The smallest absolute Gasteiger partial charge is 0.425 e. The molecule has 0 bridgehead atoms. The fraction of sp³-hybridized carbons (Fsp3) is 0.857. The third kappa shape index (κ3) is 13.5. The number of hydrogen-bond acceptors (Lipinski definition) is 6. The maximum Gasteiger partial charge on any atom is 0.425 e. The van der Waals surface area contributed by atoms with Gasteiger partial charge in [0, 0.05) is 37.7 Å². The predicted molar refractivity (Wildman–Crippen MR) is 73.7 cm³/mol. The largest absolute Gasteiger partial charge is 0.464 e. The molecule has 0 saturated heterocycles. The fourth-order valence-electron chi connectivity index (χ4n) is 1.68. The predicted octanol–water partition coefficient (Wildman–Crippen LogP) is 2.26. The van der Waals surface area contributed by atoms with Crippen molar-refractivity contribution in [2.24, 2.45) is 0 Å². The number of ether oxygens (including phenoxy) is 2. The Balaban J connectivity index is 0. The molecule has 162 valence electrons. The Kier molecular flexibility index (Phi) is 14.8. The van der Waals surface area contributed by atoms with Gasteiger partial charge >= 0.3 is 24.3 Å². The van der Waals surface area contributed by atoms with Crippen molar-refractivity contribution in [1.82, 2.24) is 0 Å². The molecule has 0 aromatic rings. The summed E-state index contributed by atoms with van der Waals surface area (Å²) in [6.45, 7) is -0.558. The van der Waals surface area contributed by atoms with Crippen LogP contribution in [0.2, 0.25) is 0 Å². The molecule has 0 aromatic heterocycles. The molecule has 0 aromatic carbocycles. The SMILES string of the molecule is O=C(OCCCCCCCCOC(=O)C(O)C(F)(F)F)C(O)C(F)(F)F.[Ar]. The van der Waals surface area contributed by atoms with Crippen LogP contribution in [0, 0.1) is 37.7 Å². The molecule has 27 heavy (non-hydrogen) atoms. The zero-order valence-electron chi connectivity index (χ0n) is 14.0. The van der Waals surface area contributed by atoms with Crippen LogP contribution in [0.4, 0.5) is 26.3 Å². The van der Waals surface area contributed by atoms with Crippen molar-refractivity contribution in [3.8, 4) is 0 Å². The van der Waals surface area contributed by atoms with Gasteiger partial charge in [-0.3, -0.25) is 0 Å². The van der Waals surface area contributed by atoms with Crippen molar-refractivity contribution >= 4 is 11.9 Å². The molecule has 0 aliphatic rings. The number of unbranched alkanes of at least 4 members (excludes halogenated alkanes) is 5.